The molecule has 0 saturated carbocycles. The quantitative estimate of drug-likeness (QED) is 0.883. The molecule has 4 N–H and O–H groups in total. The molecule has 0 atom stereocenters. The summed E-state index contributed by atoms with van der Waals surface area (Å²) in [5.41, 5.74) is 12.3. The summed E-state index contributed by atoms with van der Waals surface area (Å²) >= 11 is 13.5. The van der Waals surface area contributed by atoms with E-state index < -0.39 is 0 Å². The lowest BCUT2D eigenvalue weighted by Crippen LogP contribution is -2.27. The van der Waals surface area contributed by atoms with Crippen LogP contribution in [-0.4, -0.2) is 28.2 Å². The van der Waals surface area contributed by atoms with Crippen LogP contribution >= 0.6 is 35.0 Å². The summed E-state index contributed by atoms with van der Waals surface area (Å²) in [5.74, 6) is 0.665. The van der Waals surface area contributed by atoms with Gasteiger partial charge in [0.15, 0.2) is 11.0 Å². The Morgan fingerprint density at radius 1 is 1.19 bits per heavy atom. The van der Waals surface area contributed by atoms with Crippen LogP contribution in [0.4, 0.5) is 11.6 Å². The van der Waals surface area contributed by atoms with Gasteiger partial charge in [0.05, 0.1) is 29.8 Å². The third-order valence-electron chi connectivity index (χ3n) is 2.98. The van der Waals surface area contributed by atoms with Gasteiger partial charge in [0.1, 0.15) is 10.8 Å². The third-order valence-corrected chi connectivity index (χ3v) is 4.82. The zero-order chi connectivity index (χ0) is 15.0. The smallest absolute Gasteiger partial charge is 0.158 e. The fourth-order valence-corrected chi connectivity index (χ4v) is 3.12. The highest BCUT2D eigenvalue weighted by molar-refractivity contribution is 7.99. The lowest BCUT2D eigenvalue weighted by atomic mass is 10.1. The number of halogens is 2. The molecular weight excluding hydrogens is 333 g/mol. The average molecular weight is 344 g/mol. The molecule has 9 heteroatoms. The van der Waals surface area contributed by atoms with Crippen molar-refractivity contribution in [3.05, 3.63) is 28.1 Å². The van der Waals surface area contributed by atoms with Gasteiger partial charge in [-0.15, -0.1) is 0 Å². The first kappa shape index (κ1) is 14.6. The number of aromatic nitrogens is 3. The topological polar surface area (TPSA) is 99.9 Å². The molecule has 21 heavy (non-hydrogen) atoms. The minimum Gasteiger partial charge on any atom is -0.382 e. The minimum absolute atomic E-state index is 0.155. The second-order valence-corrected chi connectivity index (χ2v) is 6.20. The standard InChI is InChI=1S/C12H11Cl2N5OS/c13-7-6(1-2-17-10(7)15)21-12-11(16)19-9(14)8(18-12)5-3-20-4-5/h1-2,5H,3-4H2,(H2,15,17)(H2,16,19). The molecular formula is C12H11Cl2N5OS. The molecule has 0 spiro atoms. The molecule has 0 aliphatic carbocycles. The number of hydrogen-bond acceptors (Lipinski definition) is 7. The van der Waals surface area contributed by atoms with Crippen molar-refractivity contribution < 1.29 is 4.74 Å². The predicted molar refractivity (Wildman–Crippen MR) is 82.8 cm³/mol. The number of anilines is 2. The Kier molecular flexibility index (Phi) is 4.08. The summed E-state index contributed by atoms with van der Waals surface area (Å²) in [6.45, 7) is 1.18. The van der Waals surface area contributed by atoms with E-state index in [2.05, 4.69) is 15.0 Å². The molecule has 1 aliphatic rings. The minimum atomic E-state index is 0.155. The van der Waals surface area contributed by atoms with Crippen molar-refractivity contribution >= 4 is 46.6 Å². The Labute approximate surface area is 135 Å². The number of nitrogens with two attached hydrogens (primary N) is 2. The first-order valence-corrected chi connectivity index (χ1v) is 7.62. The summed E-state index contributed by atoms with van der Waals surface area (Å²) in [4.78, 5) is 13.3. The summed E-state index contributed by atoms with van der Waals surface area (Å²) < 4.78 is 5.16. The monoisotopic (exact) mass is 343 g/mol. The van der Waals surface area contributed by atoms with E-state index in [1.807, 2.05) is 0 Å². The zero-order valence-electron chi connectivity index (χ0n) is 10.7. The van der Waals surface area contributed by atoms with Gasteiger partial charge in [-0.25, -0.2) is 15.0 Å². The van der Waals surface area contributed by atoms with Crippen molar-refractivity contribution in [2.45, 2.75) is 15.8 Å². The van der Waals surface area contributed by atoms with E-state index in [4.69, 9.17) is 39.4 Å². The van der Waals surface area contributed by atoms with Gasteiger partial charge in [0, 0.05) is 11.1 Å². The number of nitrogen functional groups attached to an aromatic ring is 2. The molecule has 3 rings (SSSR count). The van der Waals surface area contributed by atoms with Gasteiger partial charge < -0.3 is 16.2 Å². The van der Waals surface area contributed by atoms with Crippen molar-refractivity contribution in [1.29, 1.82) is 0 Å². The largest absolute Gasteiger partial charge is 0.382 e. The number of hydrogen-bond donors (Lipinski definition) is 2. The molecule has 1 aliphatic heterocycles. The molecule has 6 nitrogen and oxygen atoms in total. The molecule has 1 saturated heterocycles. The highest BCUT2D eigenvalue weighted by Gasteiger charge is 2.26. The second kappa shape index (κ2) is 5.84. The van der Waals surface area contributed by atoms with Gasteiger partial charge in [-0.1, -0.05) is 35.0 Å². The number of pyridine rings is 1. The van der Waals surface area contributed by atoms with Crippen LogP contribution in [0.2, 0.25) is 10.2 Å². The maximum atomic E-state index is 6.12. The Morgan fingerprint density at radius 3 is 2.62 bits per heavy atom. The molecule has 1 fully saturated rings. The Hall–Kier alpha value is -1.28. The van der Waals surface area contributed by atoms with Crippen molar-refractivity contribution in [3.63, 3.8) is 0 Å². The fourth-order valence-electron chi connectivity index (χ4n) is 1.78. The summed E-state index contributed by atoms with van der Waals surface area (Å²) in [5, 5.41) is 1.21. The van der Waals surface area contributed by atoms with Crippen LogP contribution in [0, 0.1) is 0 Å². The summed E-state index contributed by atoms with van der Waals surface area (Å²) in [6, 6.07) is 1.74. The SMILES string of the molecule is Nc1nc(Cl)c(C2COC2)nc1Sc1ccnc(N)c1Cl. The molecule has 2 aromatic heterocycles. The van der Waals surface area contributed by atoms with Crippen molar-refractivity contribution in [1.82, 2.24) is 15.0 Å². The maximum Gasteiger partial charge on any atom is 0.158 e. The molecule has 0 amide bonds. The Balaban J connectivity index is 1.96. The Morgan fingerprint density at radius 2 is 1.95 bits per heavy atom. The molecule has 2 aromatic rings. The zero-order valence-corrected chi connectivity index (χ0v) is 13.0. The molecule has 110 valence electrons. The van der Waals surface area contributed by atoms with Crippen LogP contribution < -0.4 is 11.5 Å². The highest BCUT2D eigenvalue weighted by Crippen LogP contribution is 2.38. The highest BCUT2D eigenvalue weighted by atomic mass is 35.5. The van der Waals surface area contributed by atoms with Crippen molar-refractivity contribution in [2.24, 2.45) is 0 Å². The van der Waals surface area contributed by atoms with Gasteiger partial charge in [-0.2, -0.15) is 0 Å². The number of rotatable bonds is 3. The number of nitrogens with zero attached hydrogens (tertiary/aromatic N) is 3. The average Bonchev–Trinajstić information content (AvgIpc) is 2.38. The first-order chi connectivity index (χ1) is 10.1. The second-order valence-electron chi connectivity index (χ2n) is 4.43. The van der Waals surface area contributed by atoms with Gasteiger partial charge in [0.2, 0.25) is 0 Å². The van der Waals surface area contributed by atoms with Crippen LogP contribution in [0.3, 0.4) is 0 Å². The number of ether oxygens (including phenoxy) is 1. The van der Waals surface area contributed by atoms with Crippen molar-refractivity contribution in [3.8, 4) is 0 Å². The van der Waals surface area contributed by atoms with Crippen LogP contribution in [0.15, 0.2) is 22.2 Å². The molecule has 0 aromatic carbocycles. The van der Waals surface area contributed by atoms with Crippen LogP contribution in [0.1, 0.15) is 11.6 Å². The van der Waals surface area contributed by atoms with Gasteiger partial charge in [0.25, 0.3) is 0 Å². The maximum absolute atomic E-state index is 6.12. The molecule has 0 radical (unpaired) electrons. The normalized spacial score (nSPS) is 15.0. The summed E-state index contributed by atoms with van der Waals surface area (Å²) in [7, 11) is 0. The molecule has 3 heterocycles. The third kappa shape index (κ3) is 2.87. The van der Waals surface area contributed by atoms with Gasteiger partial charge in [-0.05, 0) is 6.07 Å². The molecule has 0 unspecified atom stereocenters. The lowest BCUT2D eigenvalue weighted by molar-refractivity contribution is 0.00640. The van der Waals surface area contributed by atoms with E-state index in [1.54, 1.807) is 12.3 Å². The van der Waals surface area contributed by atoms with E-state index in [9.17, 15) is 0 Å². The van der Waals surface area contributed by atoms with Crippen LogP contribution in [0.25, 0.3) is 0 Å². The van der Waals surface area contributed by atoms with Gasteiger partial charge >= 0.3 is 0 Å². The summed E-state index contributed by atoms with van der Waals surface area (Å²) in [6.07, 6.45) is 1.57. The first-order valence-electron chi connectivity index (χ1n) is 6.04. The Bertz CT molecular complexity index is 696. The van der Waals surface area contributed by atoms with Crippen LogP contribution in [0.5, 0.6) is 0 Å². The molecule has 0 bridgehead atoms. The lowest BCUT2D eigenvalue weighted by Gasteiger charge is -2.26. The van der Waals surface area contributed by atoms with Gasteiger partial charge in [-0.3, -0.25) is 0 Å². The van der Waals surface area contributed by atoms with E-state index in [0.29, 0.717) is 39.0 Å². The predicted octanol–water partition coefficient (Wildman–Crippen LogP) is 2.61. The van der Waals surface area contributed by atoms with E-state index >= 15 is 0 Å². The fraction of sp³-hybridized carbons (Fsp3) is 0.250. The van der Waals surface area contributed by atoms with E-state index in [0.717, 1.165) is 0 Å². The van der Waals surface area contributed by atoms with E-state index in [1.165, 1.54) is 11.8 Å². The van der Waals surface area contributed by atoms with E-state index in [-0.39, 0.29) is 17.6 Å². The van der Waals surface area contributed by atoms with Crippen LogP contribution in [-0.2, 0) is 4.74 Å². The van der Waals surface area contributed by atoms with Crippen molar-refractivity contribution in [2.75, 3.05) is 24.7 Å².